The highest BCUT2D eigenvalue weighted by Gasteiger charge is 2.35. The molecule has 2 N–H and O–H groups in total. The minimum absolute atomic E-state index is 0.276. The number of aliphatic imine (C=N–C) groups is 1. The van der Waals surface area contributed by atoms with Crippen LogP contribution in [-0.2, 0) is 0 Å². The largest absolute Gasteiger partial charge is 0.385 e. The monoisotopic (exact) mass is 271 g/mol. The first-order chi connectivity index (χ1) is 9.22. The van der Waals surface area contributed by atoms with Crippen LogP contribution in [0.2, 0.25) is 0 Å². The van der Waals surface area contributed by atoms with E-state index in [2.05, 4.69) is 17.6 Å². The lowest BCUT2D eigenvalue weighted by Crippen LogP contribution is -2.33. The number of carbonyl (C=O) groups is 1. The van der Waals surface area contributed by atoms with Gasteiger partial charge in [-0.25, -0.2) is 4.79 Å². The average Bonchev–Trinajstić information content (AvgIpc) is 2.92. The van der Waals surface area contributed by atoms with E-state index in [1.807, 2.05) is 23.6 Å². The first-order valence-corrected chi connectivity index (χ1v) is 6.82. The van der Waals surface area contributed by atoms with Crippen molar-refractivity contribution in [2.24, 2.45) is 10.7 Å². The molecule has 4 nitrogen and oxygen atoms in total. The normalized spacial score (nSPS) is 18.9. The van der Waals surface area contributed by atoms with Gasteiger partial charge in [-0.15, -0.1) is 17.9 Å². The van der Waals surface area contributed by atoms with Gasteiger partial charge in [0.1, 0.15) is 11.9 Å². The van der Waals surface area contributed by atoms with Crippen LogP contribution in [0, 0.1) is 0 Å². The molecule has 1 aromatic heterocycles. The number of nitrogens with two attached hydrogens (primary N) is 1. The number of fused-ring (bicyclic) bond motifs is 1. The topological polar surface area (TPSA) is 58.7 Å². The standard InChI is InChI=1S/C14H13N3OS/c1-2-7-17-12(13(15)16-14(17)18)10-8-19-11-6-4-3-5-9(10)11/h2-6,8,12H,1,7H2,(H2,15,16,18). The summed E-state index contributed by atoms with van der Waals surface area (Å²) >= 11 is 1.65. The van der Waals surface area contributed by atoms with Crippen LogP contribution < -0.4 is 5.73 Å². The zero-order chi connectivity index (χ0) is 13.4. The lowest BCUT2D eigenvalue weighted by molar-refractivity contribution is 0.213. The van der Waals surface area contributed by atoms with Crippen molar-refractivity contribution in [1.29, 1.82) is 0 Å². The minimum atomic E-state index is -0.294. The average molecular weight is 271 g/mol. The molecule has 0 radical (unpaired) electrons. The van der Waals surface area contributed by atoms with E-state index >= 15 is 0 Å². The second-order valence-electron chi connectivity index (χ2n) is 4.35. The molecule has 1 aliphatic heterocycles. The molecule has 1 aromatic carbocycles. The van der Waals surface area contributed by atoms with E-state index in [9.17, 15) is 4.79 Å². The van der Waals surface area contributed by atoms with Gasteiger partial charge < -0.3 is 10.6 Å². The quantitative estimate of drug-likeness (QED) is 0.873. The molecule has 19 heavy (non-hydrogen) atoms. The van der Waals surface area contributed by atoms with Crippen LogP contribution in [0.5, 0.6) is 0 Å². The van der Waals surface area contributed by atoms with Crippen LogP contribution in [0.15, 0.2) is 47.3 Å². The molecule has 96 valence electrons. The molecule has 0 aliphatic carbocycles. The number of amides is 2. The van der Waals surface area contributed by atoms with Crippen molar-refractivity contribution in [2.75, 3.05) is 6.54 Å². The molecule has 1 aliphatic rings. The number of nitrogens with zero attached hydrogens (tertiary/aromatic N) is 2. The van der Waals surface area contributed by atoms with Crippen LogP contribution in [0.25, 0.3) is 10.1 Å². The lowest BCUT2D eigenvalue weighted by atomic mass is 10.0. The number of rotatable bonds is 3. The van der Waals surface area contributed by atoms with Crippen molar-refractivity contribution in [3.63, 3.8) is 0 Å². The summed E-state index contributed by atoms with van der Waals surface area (Å²) in [4.78, 5) is 17.3. The number of benzene rings is 1. The van der Waals surface area contributed by atoms with Crippen LogP contribution in [0.3, 0.4) is 0 Å². The number of hydrogen-bond acceptors (Lipinski definition) is 3. The summed E-state index contributed by atoms with van der Waals surface area (Å²) in [5.41, 5.74) is 6.97. The van der Waals surface area contributed by atoms with E-state index in [4.69, 9.17) is 5.73 Å². The summed E-state index contributed by atoms with van der Waals surface area (Å²) in [6, 6.07) is 7.52. The number of carbonyl (C=O) groups excluding carboxylic acids is 1. The molecule has 3 rings (SSSR count). The Morgan fingerprint density at radius 3 is 3.05 bits per heavy atom. The van der Waals surface area contributed by atoms with E-state index in [0.717, 1.165) is 10.9 Å². The highest BCUT2D eigenvalue weighted by molar-refractivity contribution is 7.17. The molecular formula is C14H13N3OS. The second-order valence-corrected chi connectivity index (χ2v) is 5.26. The van der Waals surface area contributed by atoms with E-state index in [1.54, 1.807) is 22.3 Å². The van der Waals surface area contributed by atoms with Crippen molar-refractivity contribution in [1.82, 2.24) is 4.90 Å². The van der Waals surface area contributed by atoms with E-state index in [-0.39, 0.29) is 12.1 Å². The van der Waals surface area contributed by atoms with Crippen LogP contribution in [0.1, 0.15) is 11.6 Å². The van der Waals surface area contributed by atoms with Gasteiger partial charge in [0.25, 0.3) is 0 Å². The molecule has 2 amide bonds. The first-order valence-electron chi connectivity index (χ1n) is 5.94. The zero-order valence-electron chi connectivity index (χ0n) is 10.2. The number of urea groups is 1. The Kier molecular flexibility index (Phi) is 2.83. The van der Waals surface area contributed by atoms with Gasteiger partial charge in [0, 0.05) is 16.8 Å². The van der Waals surface area contributed by atoms with Gasteiger partial charge >= 0.3 is 6.03 Å². The fourth-order valence-electron chi connectivity index (χ4n) is 2.37. The lowest BCUT2D eigenvalue weighted by Gasteiger charge is -2.22. The van der Waals surface area contributed by atoms with Gasteiger partial charge in [-0.1, -0.05) is 24.3 Å². The Balaban J connectivity index is 2.11. The molecule has 0 saturated heterocycles. The maximum absolute atomic E-state index is 11.8. The van der Waals surface area contributed by atoms with Gasteiger partial charge in [-0.05, 0) is 16.8 Å². The smallest absolute Gasteiger partial charge is 0.346 e. The first kappa shape index (κ1) is 11.9. The molecule has 2 aromatic rings. The summed E-state index contributed by atoms with van der Waals surface area (Å²) in [7, 11) is 0. The van der Waals surface area contributed by atoms with Crippen molar-refractivity contribution in [2.45, 2.75) is 6.04 Å². The molecule has 5 heteroatoms. The number of thiophene rings is 1. The fraction of sp³-hybridized carbons (Fsp3) is 0.143. The van der Waals surface area contributed by atoms with Crippen LogP contribution in [-0.4, -0.2) is 23.3 Å². The van der Waals surface area contributed by atoms with E-state index < -0.39 is 0 Å². The number of amidine groups is 1. The molecule has 1 atom stereocenters. The van der Waals surface area contributed by atoms with Crippen molar-refractivity contribution >= 4 is 33.3 Å². The van der Waals surface area contributed by atoms with Crippen molar-refractivity contribution in [3.05, 3.63) is 47.9 Å². The summed E-state index contributed by atoms with van der Waals surface area (Å²) in [5.74, 6) is 0.357. The van der Waals surface area contributed by atoms with Gasteiger partial charge in [0.15, 0.2) is 0 Å². The van der Waals surface area contributed by atoms with E-state index in [1.165, 1.54) is 4.70 Å². The second kappa shape index (κ2) is 4.51. The highest BCUT2D eigenvalue weighted by Crippen LogP contribution is 2.35. The summed E-state index contributed by atoms with van der Waals surface area (Å²) in [5, 5.41) is 3.17. The van der Waals surface area contributed by atoms with Gasteiger partial charge in [0.05, 0.1) is 0 Å². The molecular weight excluding hydrogens is 258 g/mol. The third kappa shape index (κ3) is 1.82. The third-order valence-electron chi connectivity index (χ3n) is 3.19. The molecule has 0 bridgehead atoms. The molecule has 0 spiro atoms. The van der Waals surface area contributed by atoms with Crippen LogP contribution >= 0.6 is 11.3 Å². The Hall–Kier alpha value is -2.14. The van der Waals surface area contributed by atoms with E-state index in [0.29, 0.717) is 12.4 Å². The maximum atomic E-state index is 11.8. The Labute approximate surface area is 114 Å². The minimum Gasteiger partial charge on any atom is -0.385 e. The van der Waals surface area contributed by atoms with Crippen LogP contribution in [0.4, 0.5) is 4.79 Å². The van der Waals surface area contributed by atoms with Gasteiger partial charge in [-0.2, -0.15) is 4.99 Å². The molecule has 0 saturated carbocycles. The SMILES string of the molecule is C=CCN1C(=O)N=C(N)C1c1csc2ccccc12. The Bertz CT molecular complexity index is 689. The summed E-state index contributed by atoms with van der Waals surface area (Å²) in [6.45, 7) is 4.12. The molecule has 0 fully saturated rings. The summed E-state index contributed by atoms with van der Waals surface area (Å²) in [6.07, 6.45) is 1.69. The Morgan fingerprint density at radius 2 is 2.26 bits per heavy atom. The van der Waals surface area contributed by atoms with Gasteiger partial charge in [0.2, 0.25) is 0 Å². The predicted molar refractivity (Wildman–Crippen MR) is 78.5 cm³/mol. The fourth-order valence-corrected chi connectivity index (χ4v) is 3.35. The molecule has 1 unspecified atom stereocenters. The number of hydrogen-bond donors (Lipinski definition) is 1. The van der Waals surface area contributed by atoms with Crippen molar-refractivity contribution in [3.8, 4) is 0 Å². The molecule has 2 heterocycles. The Morgan fingerprint density at radius 1 is 1.47 bits per heavy atom. The predicted octanol–water partition coefficient (Wildman–Crippen LogP) is 2.92. The highest BCUT2D eigenvalue weighted by atomic mass is 32.1. The van der Waals surface area contributed by atoms with Gasteiger partial charge in [-0.3, -0.25) is 0 Å². The summed E-state index contributed by atoms with van der Waals surface area (Å²) < 4.78 is 1.18. The zero-order valence-corrected chi connectivity index (χ0v) is 11.1. The van der Waals surface area contributed by atoms with Crippen molar-refractivity contribution < 1.29 is 4.79 Å². The third-order valence-corrected chi connectivity index (χ3v) is 4.18. The maximum Gasteiger partial charge on any atom is 0.346 e.